The van der Waals surface area contributed by atoms with Gasteiger partial charge in [-0.3, -0.25) is 0 Å². The first-order valence-corrected chi connectivity index (χ1v) is 8.80. The Hall–Kier alpha value is -0.0400. The number of hydrogen-bond donors (Lipinski definition) is 0. The Kier molecular flexibility index (Phi) is 16.0. The van der Waals surface area contributed by atoms with Crippen LogP contribution in [-0.4, -0.2) is 13.7 Å². The van der Waals surface area contributed by atoms with Crippen LogP contribution < -0.4 is 0 Å². The second kappa shape index (κ2) is 16.0. The van der Waals surface area contributed by atoms with E-state index in [9.17, 15) is 0 Å². The number of ether oxygens (including phenoxy) is 1. The van der Waals surface area contributed by atoms with Gasteiger partial charge in [0.15, 0.2) is 0 Å². The van der Waals surface area contributed by atoms with Gasteiger partial charge in [-0.15, -0.1) is 0 Å². The largest absolute Gasteiger partial charge is 0.385 e. The van der Waals surface area contributed by atoms with Gasteiger partial charge in [0, 0.05) is 13.7 Å². The van der Waals surface area contributed by atoms with E-state index in [1.54, 1.807) is 7.11 Å². The molecule has 0 aliphatic carbocycles. The zero-order chi connectivity index (χ0) is 14.2. The second-order valence-electron chi connectivity index (χ2n) is 6.21. The fraction of sp³-hybridized carbons (Fsp3) is 1.00. The molecule has 1 heteroatoms. The summed E-state index contributed by atoms with van der Waals surface area (Å²) in [5.41, 5.74) is 0. The molecule has 0 fully saturated rings. The van der Waals surface area contributed by atoms with Crippen LogP contribution in [0.2, 0.25) is 0 Å². The van der Waals surface area contributed by atoms with Crippen molar-refractivity contribution in [3.8, 4) is 0 Å². The summed E-state index contributed by atoms with van der Waals surface area (Å²) in [6.45, 7) is 5.57. The standard InChI is InChI=1S/C18H38O/c1-4-5-6-7-8-9-10-11-12-13-14-15-18(2)16-17-19-3/h18H,4-17H2,1-3H3/t18-/m1/s1. The van der Waals surface area contributed by atoms with Crippen molar-refractivity contribution in [1.82, 2.24) is 0 Å². The Morgan fingerprint density at radius 1 is 0.684 bits per heavy atom. The predicted molar refractivity (Wildman–Crippen MR) is 86.7 cm³/mol. The third-order valence-corrected chi connectivity index (χ3v) is 4.12. The highest BCUT2D eigenvalue weighted by atomic mass is 16.5. The molecule has 0 saturated heterocycles. The lowest BCUT2D eigenvalue weighted by atomic mass is 9.99. The smallest absolute Gasteiger partial charge is 0.0464 e. The van der Waals surface area contributed by atoms with E-state index in [0.717, 1.165) is 12.5 Å². The van der Waals surface area contributed by atoms with Gasteiger partial charge in [-0.1, -0.05) is 90.9 Å². The van der Waals surface area contributed by atoms with Gasteiger partial charge in [0.1, 0.15) is 0 Å². The molecule has 19 heavy (non-hydrogen) atoms. The third-order valence-electron chi connectivity index (χ3n) is 4.12. The molecule has 0 spiro atoms. The van der Waals surface area contributed by atoms with Gasteiger partial charge >= 0.3 is 0 Å². The van der Waals surface area contributed by atoms with Crippen LogP contribution in [-0.2, 0) is 4.74 Å². The molecular formula is C18H38O. The van der Waals surface area contributed by atoms with Crippen LogP contribution in [0.15, 0.2) is 0 Å². The lowest BCUT2D eigenvalue weighted by molar-refractivity contribution is 0.177. The van der Waals surface area contributed by atoms with E-state index in [1.807, 2.05) is 0 Å². The van der Waals surface area contributed by atoms with Gasteiger partial charge < -0.3 is 4.74 Å². The molecule has 0 bridgehead atoms. The van der Waals surface area contributed by atoms with Crippen LogP contribution in [0.4, 0.5) is 0 Å². The first kappa shape index (κ1) is 19.0. The molecule has 0 amide bonds. The normalized spacial score (nSPS) is 12.8. The lowest BCUT2D eigenvalue weighted by Gasteiger charge is -2.10. The molecule has 0 aromatic heterocycles. The maximum absolute atomic E-state index is 5.12. The zero-order valence-corrected chi connectivity index (χ0v) is 13.9. The Morgan fingerprint density at radius 3 is 1.63 bits per heavy atom. The zero-order valence-electron chi connectivity index (χ0n) is 13.9. The summed E-state index contributed by atoms with van der Waals surface area (Å²) in [4.78, 5) is 0. The van der Waals surface area contributed by atoms with Crippen LogP contribution in [0, 0.1) is 5.92 Å². The molecule has 0 aliphatic rings. The van der Waals surface area contributed by atoms with Crippen molar-refractivity contribution in [2.24, 2.45) is 5.92 Å². The molecule has 0 saturated carbocycles. The molecule has 0 rings (SSSR count). The Bertz CT molecular complexity index is 156. The summed E-state index contributed by atoms with van der Waals surface area (Å²) < 4.78 is 5.12. The summed E-state index contributed by atoms with van der Waals surface area (Å²) in [7, 11) is 1.80. The van der Waals surface area contributed by atoms with Crippen molar-refractivity contribution in [3.05, 3.63) is 0 Å². The number of hydrogen-bond acceptors (Lipinski definition) is 1. The van der Waals surface area contributed by atoms with Gasteiger partial charge in [0.25, 0.3) is 0 Å². The summed E-state index contributed by atoms with van der Waals surface area (Å²) in [5, 5.41) is 0. The molecular weight excluding hydrogens is 232 g/mol. The van der Waals surface area contributed by atoms with Crippen molar-refractivity contribution in [1.29, 1.82) is 0 Å². The predicted octanol–water partition coefficient (Wildman–Crippen LogP) is 6.36. The maximum atomic E-state index is 5.12. The van der Waals surface area contributed by atoms with E-state index >= 15 is 0 Å². The first-order chi connectivity index (χ1) is 9.31. The average Bonchev–Trinajstić information content (AvgIpc) is 2.42. The summed E-state index contributed by atoms with van der Waals surface area (Å²) in [5.74, 6) is 0.846. The van der Waals surface area contributed by atoms with Crippen molar-refractivity contribution in [2.45, 2.75) is 97.3 Å². The Morgan fingerprint density at radius 2 is 1.16 bits per heavy atom. The minimum absolute atomic E-state index is 0.846. The van der Waals surface area contributed by atoms with Gasteiger partial charge in [-0.05, 0) is 12.3 Å². The SMILES string of the molecule is CCCCCCCCCCCCC[C@@H](C)CCOC. The van der Waals surface area contributed by atoms with Crippen molar-refractivity contribution in [2.75, 3.05) is 13.7 Å². The van der Waals surface area contributed by atoms with E-state index in [1.165, 1.54) is 83.5 Å². The molecule has 0 aliphatic heterocycles. The topological polar surface area (TPSA) is 9.23 Å². The summed E-state index contributed by atoms with van der Waals surface area (Å²) >= 11 is 0. The molecule has 0 aromatic rings. The molecule has 0 unspecified atom stereocenters. The Balaban J connectivity index is 3.02. The van der Waals surface area contributed by atoms with E-state index < -0.39 is 0 Å². The minimum Gasteiger partial charge on any atom is -0.385 e. The van der Waals surface area contributed by atoms with Gasteiger partial charge in [0.05, 0.1) is 0 Å². The molecule has 0 radical (unpaired) electrons. The van der Waals surface area contributed by atoms with Crippen molar-refractivity contribution >= 4 is 0 Å². The highest BCUT2D eigenvalue weighted by Gasteiger charge is 2.01. The van der Waals surface area contributed by atoms with Gasteiger partial charge in [-0.2, -0.15) is 0 Å². The molecule has 116 valence electrons. The van der Waals surface area contributed by atoms with Crippen LogP contribution in [0.1, 0.15) is 97.3 Å². The molecule has 0 aromatic carbocycles. The summed E-state index contributed by atoms with van der Waals surface area (Å²) in [6, 6.07) is 0. The van der Waals surface area contributed by atoms with E-state index in [0.29, 0.717) is 0 Å². The van der Waals surface area contributed by atoms with Gasteiger partial charge in [0.2, 0.25) is 0 Å². The molecule has 0 heterocycles. The quantitative estimate of drug-likeness (QED) is 0.315. The van der Waals surface area contributed by atoms with Gasteiger partial charge in [-0.25, -0.2) is 0 Å². The van der Waals surface area contributed by atoms with E-state index in [2.05, 4.69) is 13.8 Å². The van der Waals surface area contributed by atoms with E-state index in [4.69, 9.17) is 4.74 Å². The van der Waals surface area contributed by atoms with Crippen LogP contribution in [0.25, 0.3) is 0 Å². The lowest BCUT2D eigenvalue weighted by Crippen LogP contribution is -1.99. The van der Waals surface area contributed by atoms with Crippen molar-refractivity contribution in [3.63, 3.8) is 0 Å². The highest BCUT2D eigenvalue weighted by Crippen LogP contribution is 2.15. The third kappa shape index (κ3) is 15.9. The monoisotopic (exact) mass is 270 g/mol. The molecule has 0 N–H and O–H groups in total. The van der Waals surface area contributed by atoms with Crippen LogP contribution in [0.5, 0.6) is 0 Å². The fourth-order valence-corrected chi connectivity index (χ4v) is 2.62. The number of rotatable bonds is 15. The van der Waals surface area contributed by atoms with Crippen LogP contribution >= 0.6 is 0 Å². The molecule has 1 atom stereocenters. The summed E-state index contributed by atoms with van der Waals surface area (Å²) in [6.07, 6.45) is 18.5. The number of unbranched alkanes of at least 4 members (excludes halogenated alkanes) is 10. The Labute approximate surface area is 122 Å². The van der Waals surface area contributed by atoms with E-state index in [-0.39, 0.29) is 0 Å². The minimum atomic E-state index is 0.846. The molecule has 1 nitrogen and oxygen atoms in total. The second-order valence-corrected chi connectivity index (χ2v) is 6.21. The van der Waals surface area contributed by atoms with Crippen molar-refractivity contribution < 1.29 is 4.74 Å². The van der Waals surface area contributed by atoms with Crippen LogP contribution in [0.3, 0.4) is 0 Å². The fourth-order valence-electron chi connectivity index (χ4n) is 2.62. The maximum Gasteiger partial charge on any atom is 0.0464 e. The first-order valence-electron chi connectivity index (χ1n) is 8.80. The number of methoxy groups -OCH3 is 1. The highest BCUT2D eigenvalue weighted by molar-refractivity contribution is 4.54. The average molecular weight is 271 g/mol.